The van der Waals surface area contributed by atoms with Crippen LogP contribution in [0.15, 0.2) is 12.2 Å². The van der Waals surface area contributed by atoms with E-state index in [-0.39, 0.29) is 19.6 Å². The van der Waals surface area contributed by atoms with E-state index in [0.29, 0.717) is 6.54 Å². The molecule has 0 aromatic rings. The maximum Gasteiger partial charge on any atom is 0.320 e. The van der Waals surface area contributed by atoms with Crippen LogP contribution in [0.4, 0.5) is 13.6 Å². The number of nitrogens with zero attached hydrogens (tertiary/aromatic N) is 1. The monoisotopic (exact) mass is 262 g/mol. The average molecular weight is 262 g/mol. The molecule has 0 spiro atoms. The van der Waals surface area contributed by atoms with Crippen molar-refractivity contribution in [3.05, 3.63) is 12.2 Å². The van der Waals surface area contributed by atoms with Crippen LogP contribution in [-0.4, -0.2) is 54.0 Å². The summed E-state index contributed by atoms with van der Waals surface area (Å²) in [5.41, 5.74) is 0. The van der Waals surface area contributed by atoms with E-state index in [4.69, 9.17) is 9.84 Å². The van der Waals surface area contributed by atoms with Crippen LogP contribution in [0, 0.1) is 0 Å². The lowest BCUT2D eigenvalue weighted by atomic mass is 10.1. The van der Waals surface area contributed by atoms with Crippen molar-refractivity contribution in [2.24, 2.45) is 0 Å². The van der Waals surface area contributed by atoms with Gasteiger partial charge in [0, 0.05) is 26.1 Å². The number of rotatable bonds is 3. The standard InChI is InChI=1S/C11H16F2N2O3/c12-11(13)7-8(3-6-16)18-9(11)15-5-2-1-4-14-10(15)17/h1-2,8-9,16H,3-7H2,(H,14,17). The normalized spacial score (nSPS) is 31.3. The fourth-order valence-electron chi connectivity index (χ4n) is 2.15. The third-order valence-corrected chi connectivity index (χ3v) is 3.02. The summed E-state index contributed by atoms with van der Waals surface area (Å²) in [4.78, 5) is 12.7. The van der Waals surface area contributed by atoms with Crippen LogP contribution in [0.5, 0.6) is 0 Å². The lowest BCUT2D eigenvalue weighted by molar-refractivity contribution is -0.133. The average Bonchev–Trinajstić information content (AvgIpc) is 2.47. The van der Waals surface area contributed by atoms with Gasteiger partial charge in [-0.15, -0.1) is 0 Å². The number of amides is 2. The lowest BCUT2D eigenvalue weighted by Crippen LogP contribution is -2.51. The number of aliphatic hydroxyl groups excluding tert-OH is 1. The molecule has 0 radical (unpaired) electrons. The summed E-state index contributed by atoms with van der Waals surface area (Å²) < 4.78 is 32.8. The number of carbonyl (C=O) groups is 1. The molecular formula is C11H16F2N2O3. The zero-order valence-electron chi connectivity index (χ0n) is 9.81. The van der Waals surface area contributed by atoms with Crippen molar-refractivity contribution in [2.75, 3.05) is 19.7 Å². The fraction of sp³-hybridized carbons (Fsp3) is 0.727. The highest BCUT2D eigenvalue weighted by atomic mass is 19.3. The van der Waals surface area contributed by atoms with Gasteiger partial charge in [-0.2, -0.15) is 0 Å². The van der Waals surface area contributed by atoms with Gasteiger partial charge in [-0.1, -0.05) is 12.2 Å². The summed E-state index contributed by atoms with van der Waals surface area (Å²) in [7, 11) is 0. The van der Waals surface area contributed by atoms with Crippen molar-refractivity contribution in [3.63, 3.8) is 0 Å². The van der Waals surface area contributed by atoms with Crippen molar-refractivity contribution in [1.82, 2.24) is 10.2 Å². The number of nitrogens with one attached hydrogen (secondary N) is 1. The third-order valence-electron chi connectivity index (χ3n) is 3.02. The first-order chi connectivity index (χ1) is 8.54. The lowest BCUT2D eigenvalue weighted by Gasteiger charge is -2.29. The summed E-state index contributed by atoms with van der Waals surface area (Å²) in [6, 6.07) is -0.561. The van der Waals surface area contributed by atoms with Gasteiger partial charge in [0.2, 0.25) is 0 Å². The molecule has 2 unspecified atom stereocenters. The molecule has 7 heteroatoms. The molecule has 102 valence electrons. The molecule has 5 nitrogen and oxygen atoms in total. The number of hydrogen-bond acceptors (Lipinski definition) is 3. The topological polar surface area (TPSA) is 61.8 Å². The first-order valence-corrected chi connectivity index (χ1v) is 5.88. The van der Waals surface area contributed by atoms with E-state index in [1.54, 1.807) is 12.2 Å². The van der Waals surface area contributed by atoms with Gasteiger partial charge in [-0.3, -0.25) is 4.90 Å². The Morgan fingerprint density at radius 3 is 3.06 bits per heavy atom. The molecule has 2 rings (SSSR count). The molecule has 2 atom stereocenters. The number of hydrogen-bond donors (Lipinski definition) is 2. The number of halogens is 2. The molecule has 2 amide bonds. The number of urea groups is 1. The van der Waals surface area contributed by atoms with Crippen LogP contribution in [0.2, 0.25) is 0 Å². The molecule has 18 heavy (non-hydrogen) atoms. The molecule has 0 bridgehead atoms. The minimum absolute atomic E-state index is 0.0952. The molecule has 0 aromatic carbocycles. The second-order valence-electron chi connectivity index (χ2n) is 4.40. The zero-order chi connectivity index (χ0) is 13.2. The second-order valence-corrected chi connectivity index (χ2v) is 4.40. The molecule has 2 N–H and O–H groups in total. The largest absolute Gasteiger partial charge is 0.396 e. The van der Waals surface area contributed by atoms with Crippen LogP contribution < -0.4 is 5.32 Å². The van der Waals surface area contributed by atoms with Crippen molar-refractivity contribution < 1.29 is 23.4 Å². The van der Waals surface area contributed by atoms with Gasteiger partial charge in [0.25, 0.3) is 5.92 Å². The van der Waals surface area contributed by atoms with Gasteiger partial charge < -0.3 is 15.2 Å². The molecule has 1 fully saturated rings. The summed E-state index contributed by atoms with van der Waals surface area (Å²) in [5, 5.41) is 11.3. The van der Waals surface area contributed by atoms with Crippen molar-refractivity contribution in [2.45, 2.75) is 31.1 Å². The van der Waals surface area contributed by atoms with Crippen LogP contribution >= 0.6 is 0 Å². The Morgan fingerprint density at radius 1 is 1.56 bits per heavy atom. The van der Waals surface area contributed by atoms with E-state index < -0.39 is 30.7 Å². The van der Waals surface area contributed by atoms with Gasteiger partial charge >= 0.3 is 6.03 Å². The Kier molecular flexibility index (Phi) is 3.82. The van der Waals surface area contributed by atoms with E-state index >= 15 is 0 Å². The van der Waals surface area contributed by atoms with Gasteiger partial charge in [-0.05, 0) is 6.42 Å². The van der Waals surface area contributed by atoms with Gasteiger partial charge in [0.15, 0.2) is 6.23 Å². The Balaban J connectivity index is 2.10. The van der Waals surface area contributed by atoms with E-state index in [1.807, 2.05) is 0 Å². The van der Waals surface area contributed by atoms with Crippen molar-refractivity contribution in [3.8, 4) is 0 Å². The highest BCUT2D eigenvalue weighted by Crippen LogP contribution is 2.38. The fourth-order valence-corrected chi connectivity index (χ4v) is 2.15. The Hall–Kier alpha value is -1.21. The van der Waals surface area contributed by atoms with Crippen LogP contribution in [0.1, 0.15) is 12.8 Å². The Labute approximate surface area is 103 Å². The maximum atomic E-state index is 13.8. The number of ether oxygens (including phenoxy) is 1. The highest BCUT2D eigenvalue weighted by molar-refractivity contribution is 5.75. The summed E-state index contributed by atoms with van der Waals surface area (Å²) in [6.07, 6.45) is 0.766. The van der Waals surface area contributed by atoms with Gasteiger partial charge in [0.05, 0.1) is 6.10 Å². The van der Waals surface area contributed by atoms with Crippen molar-refractivity contribution >= 4 is 6.03 Å². The number of carbonyl (C=O) groups excluding carboxylic acids is 1. The summed E-state index contributed by atoms with van der Waals surface area (Å²) in [6.45, 7) is 0.213. The number of aliphatic hydroxyl groups is 1. The molecule has 2 heterocycles. The third kappa shape index (κ3) is 2.62. The molecule has 0 aromatic heterocycles. The quantitative estimate of drug-likeness (QED) is 0.736. The van der Waals surface area contributed by atoms with E-state index in [9.17, 15) is 13.6 Å². The van der Waals surface area contributed by atoms with Crippen LogP contribution in [-0.2, 0) is 4.74 Å². The first-order valence-electron chi connectivity index (χ1n) is 5.88. The first kappa shape index (κ1) is 13.2. The Morgan fingerprint density at radius 2 is 2.33 bits per heavy atom. The Bertz CT molecular complexity index is 349. The second kappa shape index (κ2) is 5.19. The molecular weight excluding hydrogens is 246 g/mol. The summed E-state index contributed by atoms with van der Waals surface area (Å²) >= 11 is 0. The van der Waals surface area contributed by atoms with E-state index in [2.05, 4.69) is 5.32 Å². The predicted molar refractivity (Wildman–Crippen MR) is 59.2 cm³/mol. The minimum Gasteiger partial charge on any atom is -0.396 e. The molecule has 2 aliphatic heterocycles. The van der Waals surface area contributed by atoms with Crippen LogP contribution in [0.25, 0.3) is 0 Å². The van der Waals surface area contributed by atoms with E-state index in [1.165, 1.54) is 0 Å². The van der Waals surface area contributed by atoms with Crippen molar-refractivity contribution in [1.29, 1.82) is 0 Å². The van der Waals surface area contributed by atoms with E-state index in [0.717, 1.165) is 4.90 Å². The molecule has 0 aliphatic carbocycles. The molecule has 1 saturated heterocycles. The van der Waals surface area contributed by atoms with Gasteiger partial charge in [-0.25, -0.2) is 13.6 Å². The predicted octanol–water partition coefficient (Wildman–Crippen LogP) is 0.701. The maximum absolute atomic E-state index is 13.8. The smallest absolute Gasteiger partial charge is 0.320 e. The molecule has 2 aliphatic rings. The molecule has 0 saturated carbocycles. The highest BCUT2D eigenvalue weighted by Gasteiger charge is 2.53. The minimum atomic E-state index is -3.09. The SMILES string of the molecule is O=C1NCC=CCN1C1OC(CCO)CC1(F)F. The summed E-state index contributed by atoms with van der Waals surface area (Å²) in [5.74, 6) is -3.09. The zero-order valence-corrected chi connectivity index (χ0v) is 9.81. The van der Waals surface area contributed by atoms with Gasteiger partial charge in [0.1, 0.15) is 0 Å². The van der Waals surface area contributed by atoms with Crippen LogP contribution in [0.3, 0.4) is 0 Å². The number of alkyl halides is 2.